The first-order chi connectivity index (χ1) is 8.19. The summed E-state index contributed by atoms with van der Waals surface area (Å²) < 4.78 is 10.6. The summed E-state index contributed by atoms with van der Waals surface area (Å²) in [7, 11) is 0. The van der Waals surface area contributed by atoms with Crippen LogP contribution in [0.2, 0.25) is 0 Å². The van der Waals surface area contributed by atoms with Crippen molar-refractivity contribution in [1.82, 2.24) is 0 Å². The van der Waals surface area contributed by atoms with E-state index in [2.05, 4.69) is 0 Å². The molecule has 0 bridgehead atoms. The highest BCUT2D eigenvalue weighted by Gasteiger charge is 2.40. The van der Waals surface area contributed by atoms with Gasteiger partial charge in [0, 0.05) is 5.92 Å². The molecule has 18 heavy (non-hydrogen) atoms. The van der Waals surface area contributed by atoms with Gasteiger partial charge in [0.1, 0.15) is 5.60 Å². The maximum absolute atomic E-state index is 12.1. The van der Waals surface area contributed by atoms with Gasteiger partial charge in [-0.25, -0.2) is 0 Å². The topological polar surface area (TPSA) is 52.6 Å². The Morgan fingerprint density at radius 1 is 1.39 bits per heavy atom. The fourth-order valence-corrected chi connectivity index (χ4v) is 1.88. The third kappa shape index (κ3) is 3.47. The zero-order valence-corrected chi connectivity index (χ0v) is 12.0. The van der Waals surface area contributed by atoms with Gasteiger partial charge in [-0.3, -0.25) is 9.59 Å². The number of esters is 2. The van der Waals surface area contributed by atoms with Crippen LogP contribution in [0.3, 0.4) is 0 Å². The highest BCUT2D eigenvalue weighted by Crippen LogP contribution is 2.33. The van der Waals surface area contributed by atoms with Gasteiger partial charge in [0.05, 0.1) is 18.4 Å². The third-order valence-electron chi connectivity index (χ3n) is 3.92. The molecule has 0 aliphatic carbocycles. The number of hydrogen-bond acceptors (Lipinski definition) is 4. The Morgan fingerprint density at radius 2 is 2.00 bits per heavy atom. The molecule has 1 unspecified atom stereocenters. The molecule has 1 fully saturated rings. The van der Waals surface area contributed by atoms with E-state index < -0.39 is 11.0 Å². The maximum Gasteiger partial charge on any atom is 0.312 e. The highest BCUT2D eigenvalue weighted by atomic mass is 16.6. The van der Waals surface area contributed by atoms with Crippen molar-refractivity contribution in [2.45, 2.75) is 59.5 Å². The van der Waals surface area contributed by atoms with Gasteiger partial charge in [0.15, 0.2) is 0 Å². The molecule has 104 valence electrons. The first-order valence-corrected chi connectivity index (χ1v) is 6.58. The summed E-state index contributed by atoms with van der Waals surface area (Å²) in [6, 6.07) is 0. The number of ether oxygens (including phenoxy) is 2. The van der Waals surface area contributed by atoms with Gasteiger partial charge in [-0.05, 0) is 40.5 Å². The largest absolute Gasteiger partial charge is 0.466 e. The van der Waals surface area contributed by atoms with Crippen LogP contribution in [0.5, 0.6) is 0 Å². The molecule has 0 spiro atoms. The lowest BCUT2D eigenvalue weighted by molar-refractivity contribution is -0.179. The van der Waals surface area contributed by atoms with E-state index in [4.69, 9.17) is 9.47 Å². The van der Waals surface area contributed by atoms with E-state index >= 15 is 0 Å². The van der Waals surface area contributed by atoms with Crippen LogP contribution in [-0.2, 0) is 19.1 Å². The van der Waals surface area contributed by atoms with Crippen LogP contribution in [0.15, 0.2) is 0 Å². The monoisotopic (exact) mass is 256 g/mol. The van der Waals surface area contributed by atoms with Crippen molar-refractivity contribution in [2.75, 3.05) is 6.61 Å². The highest BCUT2D eigenvalue weighted by molar-refractivity contribution is 5.76. The molecule has 0 radical (unpaired) electrons. The standard InChI is InChI=1S/C14H24O4/c1-6-13(2,3)12(16)18-14(4,5)10-7-8-17-11(15)9-10/h10H,6-9H2,1-5H3. The average Bonchev–Trinajstić information content (AvgIpc) is 2.28. The van der Waals surface area contributed by atoms with E-state index in [1.54, 1.807) is 0 Å². The first kappa shape index (κ1) is 15.0. The minimum Gasteiger partial charge on any atom is -0.466 e. The van der Waals surface area contributed by atoms with Crippen LogP contribution in [0.4, 0.5) is 0 Å². The third-order valence-corrected chi connectivity index (χ3v) is 3.92. The molecule has 0 saturated carbocycles. The summed E-state index contributed by atoms with van der Waals surface area (Å²) in [4.78, 5) is 23.4. The second kappa shape index (κ2) is 5.29. The Kier molecular flexibility index (Phi) is 4.41. The van der Waals surface area contributed by atoms with E-state index in [0.29, 0.717) is 13.0 Å². The SMILES string of the molecule is CCC(C)(C)C(=O)OC(C)(C)C1CCOC(=O)C1. The summed E-state index contributed by atoms with van der Waals surface area (Å²) >= 11 is 0. The zero-order valence-electron chi connectivity index (χ0n) is 12.0. The Bertz CT molecular complexity index is 331. The van der Waals surface area contributed by atoms with Crippen molar-refractivity contribution < 1.29 is 19.1 Å². The lowest BCUT2D eigenvalue weighted by atomic mass is 9.83. The number of cyclic esters (lactones) is 1. The van der Waals surface area contributed by atoms with Crippen LogP contribution in [0.25, 0.3) is 0 Å². The van der Waals surface area contributed by atoms with Crippen molar-refractivity contribution in [3.8, 4) is 0 Å². The van der Waals surface area contributed by atoms with E-state index in [0.717, 1.165) is 12.8 Å². The molecule has 0 aromatic rings. The summed E-state index contributed by atoms with van der Waals surface area (Å²) in [6.07, 6.45) is 1.81. The Labute approximate surface area is 109 Å². The molecular weight excluding hydrogens is 232 g/mol. The molecular formula is C14H24O4. The minimum absolute atomic E-state index is 0.0374. The van der Waals surface area contributed by atoms with Crippen LogP contribution < -0.4 is 0 Å². The summed E-state index contributed by atoms with van der Waals surface area (Å²) in [6.45, 7) is 9.88. The van der Waals surface area contributed by atoms with E-state index in [1.165, 1.54) is 0 Å². The normalized spacial score (nSPS) is 21.4. The second-order valence-corrected chi connectivity index (χ2v) is 6.14. The fraction of sp³-hybridized carbons (Fsp3) is 0.857. The van der Waals surface area contributed by atoms with Crippen LogP contribution in [-0.4, -0.2) is 24.1 Å². The molecule has 1 rings (SSSR count). The molecule has 1 atom stereocenters. The smallest absolute Gasteiger partial charge is 0.312 e. The average molecular weight is 256 g/mol. The molecule has 1 aliphatic heterocycles. The molecule has 4 heteroatoms. The van der Waals surface area contributed by atoms with Gasteiger partial charge in [-0.15, -0.1) is 0 Å². The predicted molar refractivity (Wildman–Crippen MR) is 67.9 cm³/mol. The van der Waals surface area contributed by atoms with Crippen molar-refractivity contribution in [3.05, 3.63) is 0 Å². The van der Waals surface area contributed by atoms with Crippen LogP contribution in [0, 0.1) is 11.3 Å². The van der Waals surface area contributed by atoms with Crippen molar-refractivity contribution in [3.63, 3.8) is 0 Å². The predicted octanol–water partition coefficient (Wildman–Crippen LogP) is 2.70. The van der Waals surface area contributed by atoms with Gasteiger partial charge in [0.25, 0.3) is 0 Å². The molecule has 0 N–H and O–H groups in total. The van der Waals surface area contributed by atoms with E-state index in [1.807, 2.05) is 34.6 Å². The molecule has 4 nitrogen and oxygen atoms in total. The Hall–Kier alpha value is -1.06. The molecule has 0 aromatic heterocycles. The van der Waals surface area contributed by atoms with Crippen molar-refractivity contribution >= 4 is 11.9 Å². The van der Waals surface area contributed by atoms with E-state index in [9.17, 15) is 9.59 Å². The lowest BCUT2D eigenvalue weighted by Gasteiger charge is -2.37. The molecule has 1 saturated heterocycles. The van der Waals surface area contributed by atoms with Gasteiger partial charge < -0.3 is 9.47 Å². The van der Waals surface area contributed by atoms with Gasteiger partial charge in [0.2, 0.25) is 0 Å². The van der Waals surface area contributed by atoms with E-state index in [-0.39, 0.29) is 17.9 Å². The van der Waals surface area contributed by atoms with Gasteiger partial charge in [-0.1, -0.05) is 6.92 Å². The lowest BCUT2D eigenvalue weighted by Crippen LogP contribution is -2.43. The molecule has 1 heterocycles. The first-order valence-electron chi connectivity index (χ1n) is 6.58. The summed E-state index contributed by atoms with van der Waals surface area (Å²) in [5, 5.41) is 0. The molecule has 1 aliphatic rings. The molecule has 0 aromatic carbocycles. The van der Waals surface area contributed by atoms with Crippen molar-refractivity contribution in [1.29, 1.82) is 0 Å². The van der Waals surface area contributed by atoms with Crippen LogP contribution >= 0.6 is 0 Å². The van der Waals surface area contributed by atoms with Crippen LogP contribution in [0.1, 0.15) is 53.9 Å². The summed E-state index contributed by atoms with van der Waals surface area (Å²) in [5.74, 6) is -0.366. The summed E-state index contributed by atoms with van der Waals surface area (Å²) in [5.41, 5.74) is -1.10. The Morgan fingerprint density at radius 3 is 2.50 bits per heavy atom. The number of rotatable bonds is 4. The molecule has 0 amide bonds. The van der Waals surface area contributed by atoms with Crippen molar-refractivity contribution in [2.24, 2.45) is 11.3 Å². The van der Waals surface area contributed by atoms with Gasteiger partial charge in [-0.2, -0.15) is 0 Å². The number of hydrogen-bond donors (Lipinski definition) is 0. The number of carbonyl (C=O) groups is 2. The quantitative estimate of drug-likeness (QED) is 0.726. The minimum atomic E-state index is -0.622. The van der Waals surface area contributed by atoms with Gasteiger partial charge >= 0.3 is 11.9 Å². The Balaban J connectivity index is 2.69. The maximum atomic E-state index is 12.1. The zero-order chi connectivity index (χ0) is 14.0. The second-order valence-electron chi connectivity index (χ2n) is 6.14. The fourth-order valence-electron chi connectivity index (χ4n) is 1.88. The number of carbonyl (C=O) groups excluding carboxylic acids is 2.